The summed E-state index contributed by atoms with van der Waals surface area (Å²) >= 11 is 0. The predicted octanol–water partition coefficient (Wildman–Crippen LogP) is 3.06. The Morgan fingerprint density at radius 3 is 2.90 bits per heavy atom. The van der Waals surface area contributed by atoms with Gasteiger partial charge in [-0.2, -0.15) is 10.2 Å². The number of carbonyl (C=O) groups excluding carboxylic acids is 1. The molecule has 1 amide bonds. The Morgan fingerprint density at radius 1 is 1.33 bits per heavy atom. The molecule has 1 aromatic carbocycles. The van der Waals surface area contributed by atoms with Crippen molar-refractivity contribution in [2.45, 2.75) is 32.9 Å². The Kier molecular flexibility index (Phi) is 4.83. The molecule has 30 heavy (non-hydrogen) atoms. The van der Waals surface area contributed by atoms with Gasteiger partial charge >= 0.3 is 0 Å². The third-order valence-corrected chi connectivity index (χ3v) is 4.54. The zero-order valence-electron chi connectivity index (χ0n) is 16.8. The minimum atomic E-state index is -1.02. The molecule has 3 heterocycles. The Bertz CT molecular complexity index is 1240. The van der Waals surface area contributed by atoms with Crippen molar-refractivity contribution in [2.75, 3.05) is 5.32 Å². The molecule has 0 spiro atoms. The molecule has 4 aromatic rings. The lowest BCUT2D eigenvalue weighted by molar-refractivity contribution is 0.0578. The minimum absolute atomic E-state index is 0.197. The number of halogens is 1. The molecule has 0 unspecified atom stereocenters. The number of aliphatic hydroxyl groups is 1. The molecule has 4 rings (SSSR count). The topological polar surface area (TPSA) is 97.3 Å². The molecule has 8 nitrogen and oxygen atoms in total. The lowest BCUT2D eigenvalue weighted by atomic mass is 10.0. The fraction of sp³-hybridized carbons (Fsp3) is 0.238. The van der Waals surface area contributed by atoms with Crippen LogP contribution in [0.1, 0.15) is 29.8 Å². The maximum Gasteiger partial charge on any atom is 0.261 e. The van der Waals surface area contributed by atoms with Crippen LogP contribution in [0.2, 0.25) is 0 Å². The Balaban J connectivity index is 1.76. The quantitative estimate of drug-likeness (QED) is 0.529. The van der Waals surface area contributed by atoms with Crippen LogP contribution in [-0.4, -0.2) is 41.0 Å². The zero-order valence-corrected chi connectivity index (χ0v) is 16.8. The molecule has 0 aliphatic heterocycles. The highest BCUT2D eigenvalue weighted by Gasteiger charge is 2.22. The average molecular weight is 408 g/mol. The summed E-state index contributed by atoms with van der Waals surface area (Å²) in [6.07, 6.45) is 6.33. The number of hydrogen-bond donors (Lipinski definition) is 2. The standard InChI is InChI=1S/C21H21FN6O2/c1-13-5-6-14(22)9-15(13)18-17(11-27(26-18)12-21(2,3)30)25-20(29)16-10-24-28-8-4-7-23-19(16)28/h4-11,30H,12H2,1-3H3,(H,25,29). The number of rotatable bonds is 5. The highest BCUT2D eigenvalue weighted by Crippen LogP contribution is 2.31. The number of amides is 1. The second-order valence-electron chi connectivity index (χ2n) is 7.76. The molecule has 2 N–H and O–H groups in total. The maximum atomic E-state index is 13.9. The minimum Gasteiger partial charge on any atom is -0.389 e. The van der Waals surface area contributed by atoms with E-state index in [4.69, 9.17) is 0 Å². The van der Waals surface area contributed by atoms with Gasteiger partial charge in [0, 0.05) is 24.2 Å². The van der Waals surface area contributed by atoms with E-state index in [0.717, 1.165) is 5.56 Å². The first-order valence-electron chi connectivity index (χ1n) is 9.37. The normalized spacial score (nSPS) is 11.8. The summed E-state index contributed by atoms with van der Waals surface area (Å²) in [5, 5.41) is 21.6. The fourth-order valence-electron chi connectivity index (χ4n) is 3.22. The highest BCUT2D eigenvalue weighted by molar-refractivity contribution is 6.09. The van der Waals surface area contributed by atoms with E-state index in [1.807, 2.05) is 6.92 Å². The molecule has 3 aromatic heterocycles. The molecule has 0 saturated heterocycles. The van der Waals surface area contributed by atoms with Crippen molar-refractivity contribution in [2.24, 2.45) is 0 Å². The van der Waals surface area contributed by atoms with Crippen LogP contribution in [0.5, 0.6) is 0 Å². The molecular formula is C21H21FN6O2. The molecule has 154 valence electrons. The van der Waals surface area contributed by atoms with Crippen molar-refractivity contribution >= 4 is 17.2 Å². The summed E-state index contributed by atoms with van der Waals surface area (Å²) in [6.45, 7) is 5.35. The van der Waals surface area contributed by atoms with E-state index in [0.29, 0.717) is 28.2 Å². The summed E-state index contributed by atoms with van der Waals surface area (Å²) in [7, 11) is 0. The van der Waals surface area contributed by atoms with Gasteiger partial charge in [-0.05, 0) is 44.5 Å². The van der Waals surface area contributed by atoms with E-state index < -0.39 is 17.3 Å². The lowest BCUT2D eigenvalue weighted by Crippen LogP contribution is -2.26. The third kappa shape index (κ3) is 3.92. The van der Waals surface area contributed by atoms with Crippen LogP contribution in [0.4, 0.5) is 10.1 Å². The average Bonchev–Trinajstić information content (AvgIpc) is 3.26. The second-order valence-corrected chi connectivity index (χ2v) is 7.76. The molecular weight excluding hydrogens is 387 g/mol. The number of aromatic nitrogens is 5. The lowest BCUT2D eigenvalue weighted by Gasteiger charge is -2.16. The van der Waals surface area contributed by atoms with Crippen molar-refractivity contribution in [3.63, 3.8) is 0 Å². The van der Waals surface area contributed by atoms with Crippen LogP contribution in [0.15, 0.2) is 49.1 Å². The Labute approximate surface area is 172 Å². The van der Waals surface area contributed by atoms with Gasteiger partial charge in [-0.15, -0.1) is 0 Å². The molecule has 0 aliphatic rings. The van der Waals surface area contributed by atoms with Gasteiger partial charge in [-0.3, -0.25) is 9.48 Å². The molecule has 0 saturated carbocycles. The van der Waals surface area contributed by atoms with Crippen molar-refractivity contribution in [3.05, 3.63) is 66.0 Å². The second kappa shape index (κ2) is 7.34. The number of aryl methyl sites for hydroxylation is 1. The van der Waals surface area contributed by atoms with Crippen LogP contribution in [0.3, 0.4) is 0 Å². The number of nitrogens with zero attached hydrogens (tertiary/aromatic N) is 5. The molecule has 0 aliphatic carbocycles. The van der Waals surface area contributed by atoms with Crippen molar-refractivity contribution in [1.29, 1.82) is 0 Å². The molecule has 0 bridgehead atoms. The van der Waals surface area contributed by atoms with Crippen LogP contribution in [0.25, 0.3) is 16.9 Å². The number of carbonyl (C=O) groups is 1. The van der Waals surface area contributed by atoms with Crippen LogP contribution in [0, 0.1) is 12.7 Å². The number of nitrogens with one attached hydrogen (secondary N) is 1. The van der Waals surface area contributed by atoms with Crippen molar-refractivity contribution < 1.29 is 14.3 Å². The van der Waals surface area contributed by atoms with Gasteiger partial charge in [-0.25, -0.2) is 13.9 Å². The van der Waals surface area contributed by atoms with Crippen LogP contribution >= 0.6 is 0 Å². The SMILES string of the molecule is Cc1ccc(F)cc1-c1nn(CC(C)(C)O)cc1NC(=O)c1cnn2cccnc12. The number of hydrogen-bond acceptors (Lipinski definition) is 5. The van der Waals surface area contributed by atoms with E-state index in [-0.39, 0.29) is 6.54 Å². The maximum absolute atomic E-state index is 13.9. The van der Waals surface area contributed by atoms with Gasteiger partial charge in [0.25, 0.3) is 5.91 Å². The smallest absolute Gasteiger partial charge is 0.261 e. The summed E-state index contributed by atoms with van der Waals surface area (Å²) in [5.74, 6) is -0.821. The summed E-state index contributed by atoms with van der Waals surface area (Å²) in [6, 6.07) is 6.11. The number of benzene rings is 1. The Hall–Kier alpha value is -3.59. The fourth-order valence-corrected chi connectivity index (χ4v) is 3.22. The third-order valence-electron chi connectivity index (χ3n) is 4.54. The van der Waals surface area contributed by atoms with Crippen molar-refractivity contribution in [1.82, 2.24) is 24.4 Å². The van der Waals surface area contributed by atoms with Crippen LogP contribution in [-0.2, 0) is 6.54 Å². The van der Waals surface area contributed by atoms with Crippen molar-refractivity contribution in [3.8, 4) is 11.3 Å². The van der Waals surface area contributed by atoms with E-state index in [1.54, 1.807) is 44.6 Å². The van der Waals surface area contributed by atoms with E-state index in [2.05, 4.69) is 20.5 Å². The highest BCUT2D eigenvalue weighted by atomic mass is 19.1. The van der Waals surface area contributed by atoms with Gasteiger partial charge < -0.3 is 10.4 Å². The van der Waals surface area contributed by atoms with E-state index in [1.165, 1.54) is 27.5 Å². The molecule has 9 heteroatoms. The first-order chi connectivity index (χ1) is 14.2. The summed E-state index contributed by atoms with van der Waals surface area (Å²) in [5.41, 5.74) is 1.86. The molecule has 0 radical (unpaired) electrons. The predicted molar refractivity (Wildman–Crippen MR) is 110 cm³/mol. The van der Waals surface area contributed by atoms with Gasteiger partial charge in [0.05, 0.1) is 24.0 Å². The molecule has 0 atom stereocenters. The van der Waals surface area contributed by atoms with Gasteiger partial charge in [0.15, 0.2) is 5.65 Å². The zero-order chi connectivity index (χ0) is 21.5. The summed E-state index contributed by atoms with van der Waals surface area (Å²) in [4.78, 5) is 17.2. The molecule has 0 fully saturated rings. The first-order valence-corrected chi connectivity index (χ1v) is 9.37. The monoisotopic (exact) mass is 408 g/mol. The van der Waals surface area contributed by atoms with Gasteiger partial charge in [-0.1, -0.05) is 6.07 Å². The Morgan fingerprint density at radius 2 is 2.13 bits per heavy atom. The van der Waals surface area contributed by atoms with Gasteiger partial charge in [0.2, 0.25) is 0 Å². The van der Waals surface area contributed by atoms with Gasteiger partial charge in [0.1, 0.15) is 17.1 Å². The number of fused-ring (bicyclic) bond motifs is 1. The van der Waals surface area contributed by atoms with Crippen LogP contribution < -0.4 is 5.32 Å². The number of anilines is 1. The van der Waals surface area contributed by atoms with E-state index >= 15 is 0 Å². The first kappa shape index (κ1) is 19.7. The summed E-state index contributed by atoms with van der Waals surface area (Å²) < 4.78 is 17.0. The largest absolute Gasteiger partial charge is 0.389 e. The van der Waals surface area contributed by atoms with E-state index in [9.17, 15) is 14.3 Å².